The number of Topliss-reactive ketones (excluding diaryl/α,β-unsaturated/α-hetero) is 1. The molecule has 1 rings (SSSR count). The fourth-order valence-corrected chi connectivity index (χ4v) is 1.49. The minimum atomic E-state index is -1.46. The van der Waals surface area contributed by atoms with Crippen LogP contribution in [0.1, 0.15) is 15.9 Å². The van der Waals surface area contributed by atoms with Gasteiger partial charge in [0.25, 0.3) is 5.78 Å². The number of aliphatic carboxylic acids is 1. The van der Waals surface area contributed by atoms with Crippen molar-refractivity contribution in [3.63, 3.8) is 0 Å². The first-order valence-corrected chi connectivity index (χ1v) is 5.04. The number of hydrogen-bond acceptors (Lipinski definition) is 4. The van der Waals surface area contributed by atoms with Crippen molar-refractivity contribution in [1.29, 1.82) is 0 Å². The zero-order valence-corrected chi connectivity index (χ0v) is 10.1. The normalized spacial score (nSPS) is 10.4. The lowest BCUT2D eigenvalue weighted by atomic mass is 10.1. The quantitative estimate of drug-likeness (QED) is 0.612. The lowest BCUT2D eigenvalue weighted by molar-refractivity contribution is -0.131. The maximum Gasteiger partial charge on any atom is 0.377 e. The molecule has 0 saturated carbocycles. The molecule has 0 fully saturated rings. The van der Waals surface area contributed by atoms with E-state index in [1.807, 2.05) is 19.0 Å². The standard InChI is InChI=1S/C12H15NO4/c1-13(2)7-8-4-9(11(14)12(15)16)6-10(5-8)17-3/h4-6H,7H2,1-3H3,(H,15,16). The predicted molar refractivity (Wildman–Crippen MR) is 62.4 cm³/mol. The number of hydrogen-bond donors (Lipinski definition) is 1. The van der Waals surface area contributed by atoms with E-state index in [-0.39, 0.29) is 5.56 Å². The lowest BCUT2D eigenvalue weighted by Crippen LogP contribution is -2.15. The monoisotopic (exact) mass is 237 g/mol. The number of nitrogens with zero attached hydrogens (tertiary/aromatic N) is 1. The summed E-state index contributed by atoms with van der Waals surface area (Å²) < 4.78 is 5.04. The predicted octanol–water partition coefficient (Wildman–Crippen LogP) is 1.02. The number of ketones is 1. The van der Waals surface area contributed by atoms with Gasteiger partial charge in [-0.25, -0.2) is 4.79 Å². The molecule has 1 N–H and O–H groups in total. The van der Waals surface area contributed by atoms with E-state index in [1.165, 1.54) is 13.2 Å². The maximum atomic E-state index is 11.4. The summed E-state index contributed by atoms with van der Waals surface area (Å²) in [6.07, 6.45) is 0. The third kappa shape index (κ3) is 3.57. The third-order valence-electron chi connectivity index (χ3n) is 2.16. The Bertz CT molecular complexity index is 440. The molecule has 0 aliphatic rings. The summed E-state index contributed by atoms with van der Waals surface area (Å²) >= 11 is 0. The molecule has 0 aromatic heterocycles. The Morgan fingerprint density at radius 3 is 2.41 bits per heavy atom. The average Bonchev–Trinajstić information content (AvgIpc) is 2.26. The Balaban J connectivity index is 3.13. The molecule has 17 heavy (non-hydrogen) atoms. The summed E-state index contributed by atoms with van der Waals surface area (Å²) in [6.45, 7) is 0.608. The van der Waals surface area contributed by atoms with Crippen LogP contribution in [-0.4, -0.2) is 43.0 Å². The minimum Gasteiger partial charge on any atom is -0.497 e. The highest BCUT2D eigenvalue weighted by molar-refractivity contribution is 6.39. The van der Waals surface area contributed by atoms with E-state index >= 15 is 0 Å². The molecule has 5 heteroatoms. The summed E-state index contributed by atoms with van der Waals surface area (Å²) in [7, 11) is 5.25. The van der Waals surface area contributed by atoms with Gasteiger partial charge in [-0.2, -0.15) is 0 Å². The van der Waals surface area contributed by atoms with Gasteiger partial charge in [-0.05, 0) is 37.9 Å². The van der Waals surface area contributed by atoms with Crippen LogP contribution in [0.3, 0.4) is 0 Å². The first-order valence-electron chi connectivity index (χ1n) is 5.04. The minimum absolute atomic E-state index is 0.133. The fraction of sp³-hybridized carbons (Fsp3) is 0.333. The number of methoxy groups -OCH3 is 1. The Labute approximate surface area is 99.6 Å². The number of carbonyl (C=O) groups is 2. The molecule has 0 aliphatic carbocycles. The van der Waals surface area contributed by atoms with Crippen molar-refractivity contribution in [2.24, 2.45) is 0 Å². The molecule has 0 unspecified atom stereocenters. The Hall–Kier alpha value is -1.88. The number of carbonyl (C=O) groups excluding carboxylic acids is 1. The van der Waals surface area contributed by atoms with Crippen molar-refractivity contribution in [3.05, 3.63) is 29.3 Å². The van der Waals surface area contributed by atoms with Crippen molar-refractivity contribution in [3.8, 4) is 5.75 Å². The molecule has 0 bridgehead atoms. The third-order valence-corrected chi connectivity index (χ3v) is 2.16. The molecular formula is C12H15NO4. The maximum absolute atomic E-state index is 11.4. The van der Waals surface area contributed by atoms with E-state index in [0.29, 0.717) is 12.3 Å². The van der Waals surface area contributed by atoms with E-state index in [2.05, 4.69) is 0 Å². The molecule has 1 aromatic rings. The summed E-state index contributed by atoms with van der Waals surface area (Å²) in [5.74, 6) is -1.91. The molecule has 0 saturated heterocycles. The number of rotatable bonds is 5. The van der Waals surface area contributed by atoms with Gasteiger partial charge in [-0.15, -0.1) is 0 Å². The Kier molecular flexibility index (Phi) is 4.23. The van der Waals surface area contributed by atoms with Crippen LogP contribution in [0.25, 0.3) is 0 Å². The van der Waals surface area contributed by atoms with Crippen molar-refractivity contribution >= 4 is 11.8 Å². The van der Waals surface area contributed by atoms with Gasteiger partial charge in [0.15, 0.2) is 0 Å². The second-order valence-corrected chi connectivity index (χ2v) is 3.94. The topological polar surface area (TPSA) is 66.8 Å². The van der Waals surface area contributed by atoms with Crippen LogP contribution in [0, 0.1) is 0 Å². The van der Waals surface area contributed by atoms with Crippen LogP contribution < -0.4 is 4.74 Å². The molecule has 0 spiro atoms. The van der Waals surface area contributed by atoms with Gasteiger partial charge in [0.1, 0.15) is 5.75 Å². The van der Waals surface area contributed by atoms with Crippen LogP contribution in [0.5, 0.6) is 5.75 Å². The van der Waals surface area contributed by atoms with Gasteiger partial charge >= 0.3 is 5.97 Å². The van der Waals surface area contributed by atoms with E-state index < -0.39 is 11.8 Å². The SMILES string of the molecule is COc1cc(CN(C)C)cc(C(=O)C(=O)O)c1. The smallest absolute Gasteiger partial charge is 0.377 e. The number of carboxylic acid groups (broad SMARTS) is 1. The number of carboxylic acids is 1. The molecule has 0 radical (unpaired) electrons. The van der Waals surface area contributed by atoms with Crippen LogP contribution in [0.15, 0.2) is 18.2 Å². The van der Waals surface area contributed by atoms with Crippen LogP contribution in [-0.2, 0) is 11.3 Å². The van der Waals surface area contributed by atoms with Gasteiger partial charge in [0.2, 0.25) is 0 Å². The van der Waals surface area contributed by atoms with Crippen molar-refractivity contribution in [2.75, 3.05) is 21.2 Å². The van der Waals surface area contributed by atoms with Gasteiger partial charge in [-0.3, -0.25) is 4.79 Å². The van der Waals surface area contributed by atoms with E-state index in [4.69, 9.17) is 9.84 Å². The molecule has 92 valence electrons. The van der Waals surface area contributed by atoms with E-state index in [9.17, 15) is 9.59 Å². The summed E-state index contributed by atoms with van der Waals surface area (Å²) in [5.41, 5.74) is 0.965. The highest BCUT2D eigenvalue weighted by atomic mass is 16.5. The fourth-order valence-electron chi connectivity index (χ4n) is 1.49. The van der Waals surface area contributed by atoms with Gasteiger partial charge in [-0.1, -0.05) is 0 Å². The highest BCUT2D eigenvalue weighted by Crippen LogP contribution is 2.18. The number of ether oxygens (including phenoxy) is 1. The molecular weight excluding hydrogens is 222 g/mol. The molecule has 1 aromatic carbocycles. The second-order valence-electron chi connectivity index (χ2n) is 3.94. The van der Waals surface area contributed by atoms with Crippen LogP contribution in [0.4, 0.5) is 0 Å². The largest absolute Gasteiger partial charge is 0.497 e. The Morgan fingerprint density at radius 2 is 1.94 bits per heavy atom. The zero-order chi connectivity index (χ0) is 13.0. The first kappa shape index (κ1) is 13.2. The zero-order valence-electron chi connectivity index (χ0n) is 10.1. The van der Waals surface area contributed by atoms with Crippen LogP contribution >= 0.6 is 0 Å². The molecule has 5 nitrogen and oxygen atoms in total. The molecule has 0 atom stereocenters. The van der Waals surface area contributed by atoms with E-state index in [0.717, 1.165) is 5.56 Å². The summed E-state index contributed by atoms with van der Waals surface area (Å²) in [4.78, 5) is 23.9. The van der Waals surface area contributed by atoms with Gasteiger partial charge in [0, 0.05) is 12.1 Å². The number of benzene rings is 1. The van der Waals surface area contributed by atoms with Crippen LogP contribution in [0.2, 0.25) is 0 Å². The van der Waals surface area contributed by atoms with Gasteiger partial charge < -0.3 is 14.7 Å². The molecule has 0 heterocycles. The van der Waals surface area contributed by atoms with Crippen molar-refractivity contribution in [2.45, 2.75) is 6.54 Å². The Morgan fingerprint density at radius 1 is 1.29 bits per heavy atom. The second kappa shape index (κ2) is 5.45. The highest BCUT2D eigenvalue weighted by Gasteiger charge is 2.16. The average molecular weight is 237 g/mol. The van der Waals surface area contributed by atoms with Crippen molar-refractivity contribution < 1.29 is 19.4 Å². The van der Waals surface area contributed by atoms with E-state index in [1.54, 1.807) is 12.1 Å². The molecule has 0 amide bonds. The van der Waals surface area contributed by atoms with Crippen molar-refractivity contribution in [1.82, 2.24) is 4.90 Å². The first-order chi connectivity index (χ1) is 7.93. The lowest BCUT2D eigenvalue weighted by Gasteiger charge is -2.12. The van der Waals surface area contributed by atoms with Gasteiger partial charge in [0.05, 0.1) is 7.11 Å². The molecule has 0 aliphatic heterocycles. The summed E-state index contributed by atoms with van der Waals surface area (Å²) in [5, 5.41) is 8.67. The summed E-state index contributed by atoms with van der Waals surface area (Å²) in [6, 6.07) is 4.77.